The molecule has 2 N–H and O–H groups in total. The number of hydrogen-bond acceptors (Lipinski definition) is 6. The third-order valence-corrected chi connectivity index (χ3v) is 3.64. The molecule has 0 aromatic heterocycles. The molecule has 0 amide bonds. The Morgan fingerprint density at radius 1 is 0.941 bits per heavy atom. The molecule has 0 unspecified atom stereocenters. The van der Waals surface area contributed by atoms with Gasteiger partial charge in [-0.05, 0) is 34.6 Å². The zero-order valence-electron chi connectivity index (χ0n) is 11.3. The predicted octanol–water partition coefficient (Wildman–Crippen LogP) is 1.44. The zero-order chi connectivity index (χ0) is 13.7. The van der Waals surface area contributed by atoms with Gasteiger partial charge in [-0.25, -0.2) is 0 Å². The molecule has 106 valence electrons. The fourth-order valence-corrected chi connectivity index (χ4v) is 2.22. The van der Waals surface area contributed by atoms with Crippen LogP contribution in [0.3, 0.4) is 0 Å². The van der Waals surface area contributed by atoms with Crippen LogP contribution in [0.25, 0.3) is 0 Å². The van der Waals surface area contributed by atoms with E-state index in [-0.39, 0.29) is 6.10 Å². The lowest BCUT2D eigenvalue weighted by atomic mass is 10.5. The van der Waals surface area contributed by atoms with Crippen LogP contribution in [0.5, 0.6) is 0 Å². The van der Waals surface area contributed by atoms with Crippen LogP contribution >= 0.6 is 8.60 Å². The topological polar surface area (TPSA) is 77.4 Å². The first-order valence-corrected chi connectivity index (χ1v) is 8.25. The van der Waals surface area contributed by atoms with Gasteiger partial charge in [0.15, 0.2) is 0 Å². The Morgan fingerprint density at radius 2 is 1.29 bits per heavy atom. The van der Waals surface area contributed by atoms with Crippen molar-refractivity contribution in [2.75, 3.05) is 19.8 Å². The van der Waals surface area contributed by atoms with E-state index < -0.39 is 18.1 Å². The molecule has 0 radical (unpaired) electrons. The highest BCUT2D eigenvalue weighted by Gasteiger charge is 2.11. The smallest absolute Gasteiger partial charge is 0.376 e. The Hall–Kier alpha value is 0.407. The lowest BCUT2D eigenvalue weighted by molar-refractivity contribution is 0.107. The van der Waals surface area contributed by atoms with Gasteiger partial charge in [-0.15, -0.1) is 0 Å². The van der Waals surface area contributed by atoms with Crippen molar-refractivity contribution >= 4 is 18.1 Å². The summed E-state index contributed by atoms with van der Waals surface area (Å²) in [6.45, 7) is 11.3. The highest BCUT2D eigenvalue weighted by molar-refractivity contribution is 7.39. The van der Waals surface area contributed by atoms with Crippen molar-refractivity contribution in [1.82, 2.24) is 0 Å². The molecule has 0 aliphatic heterocycles. The van der Waals surface area contributed by atoms with Gasteiger partial charge in [-0.3, -0.25) is 0 Å². The average molecular weight is 288 g/mol. The van der Waals surface area contributed by atoms with Gasteiger partial charge in [0, 0.05) is 19.8 Å². The fourth-order valence-electron chi connectivity index (χ4n) is 0.741. The first kappa shape index (κ1) is 19.7. The summed E-state index contributed by atoms with van der Waals surface area (Å²) in [5.41, 5.74) is 0. The van der Waals surface area contributed by atoms with Gasteiger partial charge in [0.05, 0.1) is 6.10 Å². The molecule has 0 aliphatic carbocycles. The van der Waals surface area contributed by atoms with Crippen LogP contribution in [0.2, 0.25) is 0 Å². The molecule has 0 saturated carbocycles. The first-order valence-electron chi connectivity index (χ1n) is 5.67. The molecule has 8 heteroatoms. The molecular weight excluding hydrogens is 263 g/mol. The molecule has 0 fully saturated rings. The van der Waals surface area contributed by atoms with Gasteiger partial charge < -0.3 is 27.6 Å². The molecule has 0 atom stereocenters. The SMILES string of the molecule is CC(C)OP(O)O.CCO[SiH](OCC)OCC. The Bertz CT molecular complexity index is 129. The van der Waals surface area contributed by atoms with Crippen molar-refractivity contribution in [3.63, 3.8) is 0 Å². The van der Waals surface area contributed by atoms with E-state index in [0.29, 0.717) is 19.8 Å². The molecule has 0 saturated heterocycles. The summed E-state index contributed by atoms with van der Waals surface area (Å²) in [4.78, 5) is 16.2. The standard InChI is InChI=1S/C6H16O3Si.C3H9O3P/c1-4-7-10(8-5-2)9-6-3;1-3(2)6-7(4)5/h10H,4-6H2,1-3H3;3-5H,1-2H3. The molecule has 0 aromatic carbocycles. The second-order valence-corrected chi connectivity index (χ2v) is 5.36. The molecule has 0 spiro atoms. The normalized spacial score (nSPS) is 10.9. The summed E-state index contributed by atoms with van der Waals surface area (Å²) in [5.74, 6) is 0. The monoisotopic (exact) mass is 288 g/mol. The summed E-state index contributed by atoms with van der Waals surface area (Å²) in [6, 6.07) is 0. The van der Waals surface area contributed by atoms with Gasteiger partial charge in [0.2, 0.25) is 0 Å². The first-order chi connectivity index (χ1) is 7.97. The van der Waals surface area contributed by atoms with Crippen LogP contribution in [0, 0.1) is 0 Å². The lowest BCUT2D eigenvalue weighted by Gasteiger charge is -2.12. The van der Waals surface area contributed by atoms with Crippen molar-refractivity contribution in [3.05, 3.63) is 0 Å². The van der Waals surface area contributed by atoms with E-state index in [1.165, 1.54) is 0 Å². The van der Waals surface area contributed by atoms with Crippen molar-refractivity contribution in [2.24, 2.45) is 0 Å². The maximum Gasteiger partial charge on any atom is 0.484 e. The van der Waals surface area contributed by atoms with Crippen LogP contribution in [0.15, 0.2) is 0 Å². The lowest BCUT2D eigenvalue weighted by Crippen LogP contribution is -2.27. The van der Waals surface area contributed by atoms with E-state index in [0.717, 1.165) is 0 Å². The fraction of sp³-hybridized carbons (Fsp3) is 1.00. The second-order valence-electron chi connectivity index (χ2n) is 3.06. The molecule has 6 nitrogen and oxygen atoms in total. The maximum atomic E-state index is 8.12. The molecule has 17 heavy (non-hydrogen) atoms. The van der Waals surface area contributed by atoms with Gasteiger partial charge in [-0.1, -0.05) is 0 Å². The van der Waals surface area contributed by atoms with Crippen molar-refractivity contribution < 1.29 is 27.6 Å². The summed E-state index contributed by atoms with van der Waals surface area (Å²) >= 11 is 0. The molecule has 0 aromatic rings. The predicted molar refractivity (Wildman–Crippen MR) is 69.6 cm³/mol. The number of hydrogen-bond donors (Lipinski definition) is 2. The molecular formula is C9H25O6PSi. The Balaban J connectivity index is 0. The summed E-state index contributed by atoms with van der Waals surface area (Å²) < 4.78 is 20.1. The molecule has 0 bridgehead atoms. The van der Waals surface area contributed by atoms with Gasteiger partial charge in [0.1, 0.15) is 0 Å². The average Bonchev–Trinajstić information content (AvgIpc) is 2.17. The van der Waals surface area contributed by atoms with E-state index >= 15 is 0 Å². The molecule has 0 heterocycles. The van der Waals surface area contributed by atoms with Crippen LogP contribution in [0.4, 0.5) is 0 Å². The Morgan fingerprint density at radius 3 is 1.41 bits per heavy atom. The summed E-state index contributed by atoms with van der Waals surface area (Å²) in [5, 5.41) is 0. The third-order valence-electron chi connectivity index (χ3n) is 1.21. The van der Waals surface area contributed by atoms with Gasteiger partial charge in [-0.2, -0.15) is 0 Å². The number of rotatable bonds is 8. The van der Waals surface area contributed by atoms with Crippen molar-refractivity contribution in [2.45, 2.75) is 40.7 Å². The van der Waals surface area contributed by atoms with E-state index in [9.17, 15) is 0 Å². The molecule has 0 rings (SSSR count). The van der Waals surface area contributed by atoms with Gasteiger partial charge in [0.25, 0.3) is 0 Å². The summed E-state index contributed by atoms with van der Waals surface area (Å²) in [6.07, 6.45) is -0.0962. The van der Waals surface area contributed by atoms with Crippen LogP contribution in [-0.4, -0.2) is 45.2 Å². The minimum absolute atomic E-state index is 0.0962. The van der Waals surface area contributed by atoms with Crippen molar-refractivity contribution in [1.29, 1.82) is 0 Å². The van der Waals surface area contributed by atoms with Crippen LogP contribution in [0.1, 0.15) is 34.6 Å². The van der Waals surface area contributed by atoms with Crippen LogP contribution in [-0.2, 0) is 17.8 Å². The zero-order valence-corrected chi connectivity index (χ0v) is 13.3. The quantitative estimate of drug-likeness (QED) is 0.520. The minimum Gasteiger partial charge on any atom is -0.376 e. The van der Waals surface area contributed by atoms with Crippen LogP contribution < -0.4 is 0 Å². The molecule has 0 aliphatic rings. The van der Waals surface area contributed by atoms with Gasteiger partial charge >= 0.3 is 18.1 Å². The second kappa shape index (κ2) is 14.5. The summed E-state index contributed by atoms with van der Waals surface area (Å²) in [7, 11) is -3.87. The highest BCUT2D eigenvalue weighted by atomic mass is 31.2. The largest absolute Gasteiger partial charge is 0.484 e. The van der Waals surface area contributed by atoms with Crippen molar-refractivity contribution in [3.8, 4) is 0 Å². The third kappa shape index (κ3) is 18.9. The van der Waals surface area contributed by atoms with E-state index in [1.807, 2.05) is 20.8 Å². The van der Waals surface area contributed by atoms with E-state index in [4.69, 9.17) is 23.1 Å². The van der Waals surface area contributed by atoms with E-state index in [1.54, 1.807) is 13.8 Å². The highest BCUT2D eigenvalue weighted by Crippen LogP contribution is 2.25. The minimum atomic E-state index is -2.14. The Kier molecular flexibility index (Phi) is 16.8. The maximum absolute atomic E-state index is 8.12. The van der Waals surface area contributed by atoms with E-state index in [2.05, 4.69) is 4.52 Å². The Labute approximate surface area is 107 Å².